The molecule has 0 amide bonds. The van der Waals surface area contributed by atoms with Crippen LogP contribution in [0.25, 0.3) is 0 Å². The van der Waals surface area contributed by atoms with E-state index in [0.717, 1.165) is 17.9 Å². The summed E-state index contributed by atoms with van der Waals surface area (Å²) in [6.45, 7) is 4.00. The number of ether oxygens (including phenoxy) is 2. The summed E-state index contributed by atoms with van der Waals surface area (Å²) in [5.41, 5.74) is 7.29. The molecule has 2 unspecified atom stereocenters. The van der Waals surface area contributed by atoms with Gasteiger partial charge >= 0.3 is 0 Å². The van der Waals surface area contributed by atoms with Crippen molar-refractivity contribution < 1.29 is 9.47 Å². The third-order valence-electron chi connectivity index (χ3n) is 3.42. The maximum atomic E-state index is 8.85. The maximum Gasteiger partial charge on any atom is 0.119 e. The molecule has 0 fully saturated rings. The smallest absolute Gasteiger partial charge is 0.119 e. The molecule has 0 aromatic heterocycles. The van der Waals surface area contributed by atoms with E-state index in [1.54, 1.807) is 14.2 Å². The highest BCUT2D eigenvalue weighted by Gasteiger charge is 2.24. The normalized spacial score (nSPS) is 13.7. The fourth-order valence-corrected chi connectivity index (χ4v) is 2.46. The van der Waals surface area contributed by atoms with Crippen molar-refractivity contribution in [3.8, 4) is 11.8 Å². The standard InChI is InChI=1S/C16H25N3O2/c1-13(18)16(14-6-4-7-15(12-14)21-3)19(9-5-8-17)10-11-20-2/h4,6-7,12-13,16H,5,9-11,18H2,1-3H3. The Morgan fingerprint density at radius 1 is 1.33 bits per heavy atom. The highest BCUT2D eigenvalue weighted by molar-refractivity contribution is 5.31. The minimum atomic E-state index is -0.0624. The molecule has 0 spiro atoms. The van der Waals surface area contributed by atoms with Crippen LogP contribution in [0.15, 0.2) is 24.3 Å². The molecule has 0 aliphatic rings. The minimum Gasteiger partial charge on any atom is -0.497 e. The largest absolute Gasteiger partial charge is 0.497 e. The van der Waals surface area contributed by atoms with Gasteiger partial charge < -0.3 is 15.2 Å². The molecule has 0 saturated heterocycles. The second-order valence-electron chi connectivity index (χ2n) is 5.02. The lowest BCUT2D eigenvalue weighted by Gasteiger charge is -2.34. The zero-order chi connectivity index (χ0) is 15.7. The number of nitrogens with two attached hydrogens (primary N) is 1. The van der Waals surface area contributed by atoms with Crippen LogP contribution in [0.2, 0.25) is 0 Å². The minimum absolute atomic E-state index is 0.0311. The van der Waals surface area contributed by atoms with Crippen LogP contribution in [0.1, 0.15) is 24.9 Å². The van der Waals surface area contributed by atoms with Crippen LogP contribution in [0, 0.1) is 11.3 Å². The van der Waals surface area contributed by atoms with Gasteiger partial charge in [0, 0.05) is 38.7 Å². The Morgan fingerprint density at radius 3 is 2.67 bits per heavy atom. The first-order chi connectivity index (χ1) is 10.1. The van der Waals surface area contributed by atoms with Crippen molar-refractivity contribution >= 4 is 0 Å². The third-order valence-corrected chi connectivity index (χ3v) is 3.42. The molecule has 0 radical (unpaired) electrons. The molecule has 1 aromatic carbocycles. The highest BCUT2D eigenvalue weighted by Crippen LogP contribution is 2.26. The molecule has 0 bridgehead atoms. The Balaban J connectivity index is 3.01. The molecule has 5 heteroatoms. The molecule has 0 aliphatic carbocycles. The predicted octanol–water partition coefficient (Wildman–Crippen LogP) is 1.95. The van der Waals surface area contributed by atoms with E-state index in [0.29, 0.717) is 19.6 Å². The fourth-order valence-electron chi connectivity index (χ4n) is 2.46. The van der Waals surface area contributed by atoms with Crippen molar-refractivity contribution in [3.63, 3.8) is 0 Å². The van der Waals surface area contributed by atoms with E-state index in [1.165, 1.54) is 0 Å². The van der Waals surface area contributed by atoms with E-state index in [9.17, 15) is 0 Å². The van der Waals surface area contributed by atoms with E-state index in [1.807, 2.05) is 31.2 Å². The molecule has 1 rings (SSSR count). The number of benzene rings is 1. The van der Waals surface area contributed by atoms with Crippen LogP contribution < -0.4 is 10.5 Å². The molecular formula is C16H25N3O2. The SMILES string of the molecule is COCCN(CCC#N)C(c1cccc(OC)c1)C(C)N. The Bertz CT molecular complexity index is 457. The lowest BCUT2D eigenvalue weighted by atomic mass is 9.98. The number of hydrogen-bond donors (Lipinski definition) is 1. The summed E-state index contributed by atoms with van der Waals surface area (Å²) in [4.78, 5) is 2.20. The summed E-state index contributed by atoms with van der Waals surface area (Å²) >= 11 is 0. The Labute approximate surface area is 127 Å². The number of nitrogens with zero attached hydrogens (tertiary/aromatic N) is 2. The second kappa shape index (κ2) is 9.35. The van der Waals surface area contributed by atoms with E-state index in [2.05, 4.69) is 11.0 Å². The monoisotopic (exact) mass is 291 g/mol. The van der Waals surface area contributed by atoms with Crippen molar-refractivity contribution in [3.05, 3.63) is 29.8 Å². The van der Waals surface area contributed by atoms with Gasteiger partial charge in [0.15, 0.2) is 0 Å². The van der Waals surface area contributed by atoms with Gasteiger partial charge in [0.2, 0.25) is 0 Å². The van der Waals surface area contributed by atoms with Gasteiger partial charge in [0.25, 0.3) is 0 Å². The van der Waals surface area contributed by atoms with Crippen molar-refractivity contribution in [2.45, 2.75) is 25.4 Å². The van der Waals surface area contributed by atoms with Gasteiger partial charge in [0.1, 0.15) is 5.75 Å². The molecule has 5 nitrogen and oxygen atoms in total. The van der Waals surface area contributed by atoms with Crippen LogP contribution in [-0.2, 0) is 4.74 Å². The van der Waals surface area contributed by atoms with Crippen LogP contribution >= 0.6 is 0 Å². The fraction of sp³-hybridized carbons (Fsp3) is 0.562. The van der Waals surface area contributed by atoms with Crippen molar-refractivity contribution in [1.82, 2.24) is 4.90 Å². The van der Waals surface area contributed by atoms with Crippen LogP contribution in [0.3, 0.4) is 0 Å². The van der Waals surface area contributed by atoms with Crippen molar-refractivity contribution in [2.75, 3.05) is 33.9 Å². The lowest BCUT2D eigenvalue weighted by molar-refractivity contribution is 0.112. The average molecular weight is 291 g/mol. The van der Waals surface area contributed by atoms with E-state index in [4.69, 9.17) is 20.5 Å². The zero-order valence-corrected chi connectivity index (χ0v) is 13.1. The molecule has 116 valence electrons. The lowest BCUT2D eigenvalue weighted by Crippen LogP contribution is -2.41. The van der Waals surface area contributed by atoms with E-state index < -0.39 is 0 Å². The first kappa shape index (κ1) is 17.4. The van der Waals surface area contributed by atoms with Gasteiger partial charge in [-0.2, -0.15) is 5.26 Å². The number of nitriles is 1. The molecule has 2 N–H and O–H groups in total. The van der Waals surface area contributed by atoms with Gasteiger partial charge in [-0.05, 0) is 24.6 Å². The Morgan fingerprint density at radius 2 is 2.10 bits per heavy atom. The first-order valence-corrected chi connectivity index (χ1v) is 7.13. The number of rotatable bonds is 9. The van der Waals surface area contributed by atoms with Crippen LogP contribution in [0.5, 0.6) is 5.75 Å². The van der Waals surface area contributed by atoms with E-state index in [-0.39, 0.29) is 12.1 Å². The summed E-state index contributed by atoms with van der Waals surface area (Å²) in [5, 5.41) is 8.85. The number of methoxy groups -OCH3 is 2. The molecular weight excluding hydrogens is 266 g/mol. The average Bonchev–Trinajstić information content (AvgIpc) is 2.49. The molecule has 0 aliphatic heterocycles. The topological polar surface area (TPSA) is 71.5 Å². The quantitative estimate of drug-likeness (QED) is 0.753. The summed E-state index contributed by atoms with van der Waals surface area (Å²) in [6.07, 6.45) is 0.469. The summed E-state index contributed by atoms with van der Waals surface area (Å²) in [6, 6.07) is 10.1. The zero-order valence-electron chi connectivity index (χ0n) is 13.1. The first-order valence-electron chi connectivity index (χ1n) is 7.13. The second-order valence-corrected chi connectivity index (χ2v) is 5.02. The summed E-state index contributed by atoms with van der Waals surface area (Å²) < 4.78 is 10.5. The van der Waals surface area contributed by atoms with Gasteiger partial charge in [-0.25, -0.2) is 0 Å². The summed E-state index contributed by atoms with van der Waals surface area (Å²) in [5.74, 6) is 0.810. The third kappa shape index (κ3) is 5.35. The molecule has 0 saturated carbocycles. The number of hydrogen-bond acceptors (Lipinski definition) is 5. The Kier molecular flexibility index (Phi) is 7.76. The predicted molar refractivity (Wildman–Crippen MR) is 83.1 cm³/mol. The Hall–Kier alpha value is -1.61. The molecule has 21 heavy (non-hydrogen) atoms. The van der Waals surface area contributed by atoms with Crippen LogP contribution in [0.4, 0.5) is 0 Å². The molecule has 0 heterocycles. The molecule has 1 aromatic rings. The van der Waals surface area contributed by atoms with Crippen molar-refractivity contribution in [2.24, 2.45) is 5.73 Å². The maximum absolute atomic E-state index is 8.85. The summed E-state index contributed by atoms with van der Waals surface area (Å²) in [7, 11) is 3.33. The van der Waals surface area contributed by atoms with Gasteiger partial charge in [-0.1, -0.05) is 12.1 Å². The van der Waals surface area contributed by atoms with Gasteiger partial charge in [0.05, 0.1) is 19.8 Å². The molecule has 2 atom stereocenters. The van der Waals surface area contributed by atoms with Crippen LogP contribution in [-0.4, -0.2) is 44.9 Å². The van der Waals surface area contributed by atoms with Gasteiger partial charge in [-0.3, -0.25) is 4.90 Å². The van der Waals surface area contributed by atoms with Gasteiger partial charge in [-0.15, -0.1) is 0 Å². The van der Waals surface area contributed by atoms with Crippen molar-refractivity contribution in [1.29, 1.82) is 5.26 Å². The highest BCUT2D eigenvalue weighted by atomic mass is 16.5. The van der Waals surface area contributed by atoms with E-state index >= 15 is 0 Å².